The Hall–Kier alpha value is -0.670. The number of hydrogen-bond donors (Lipinski definition) is 0. The maximum Gasteiger partial charge on any atom is 0.138 e. The second kappa shape index (κ2) is 5.11. The van der Waals surface area contributed by atoms with Crippen LogP contribution in [0.3, 0.4) is 0 Å². The van der Waals surface area contributed by atoms with Gasteiger partial charge in [0.2, 0.25) is 0 Å². The Morgan fingerprint density at radius 2 is 2.19 bits per heavy atom. The van der Waals surface area contributed by atoms with Crippen LogP contribution in [0.25, 0.3) is 0 Å². The fourth-order valence-corrected chi connectivity index (χ4v) is 2.52. The molecule has 0 bridgehead atoms. The molecule has 3 heteroatoms. The van der Waals surface area contributed by atoms with Crippen molar-refractivity contribution in [1.29, 1.82) is 0 Å². The lowest BCUT2D eigenvalue weighted by Crippen LogP contribution is -2.39. The second-order valence-electron chi connectivity index (χ2n) is 4.44. The minimum Gasteiger partial charge on any atom is -0.299 e. The molecule has 1 heterocycles. The van der Waals surface area contributed by atoms with Crippen molar-refractivity contribution in [2.45, 2.75) is 19.9 Å². The van der Waals surface area contributed by atoms with Crippen molar-refractivity contribution in [3.63, 3.8) is 0 Å². The van der Waals surface area contributed by atoms with E-state index in [2.05, 4.69) is 39.0 Å². The van der Waals surface area contributed by atoms with Crippen molar-refractivity contribution in [2.75, 3.05) is 13.1 Å². The summed E-state index contributed by atoms with van der Waals surface area (Å²) in [6, 6.07) is 8.27. The van der Waals surface area contributed by atoms with Crippen LogP contribution in [0.5, 0.6) is 0 Å². The smallest absolute Gasteiger partial charge is 0.138 e. The van der Waals surface area contributed by atoms with Crippen LogP contribution in [-0.4, -0.2) is 23.8 Å². The average molecular weight is 282 g/mol. The van der Waals surface area contributed by atoms with Gasteiger partial charge in [-0.15, -0.1) is 0 Å². The molecule has 0 spiro atoms. The predicted octanol–water partition coefficient (Wildman–Crippen LogP) is 2.86. The van der Waals surface area contributed by atoms with Gasteiger partial charge in [-0.2, -0.15) is 0 Å². The number of rotatable bonds is 2. The fourth-order valence-electron chi connectivity index (χ4n) is 2.11. The van der Waals surface area contributed by atoms with Crippen LogP contribution in [0.1, 0.15) is 18.9 Å². The van der Waals surface area contributed by atoms with E-state index < -0.39 is 0 Å². The van der Waals surface area contributed by atoms with Crippen LogP contribution >= 0.6 is 15.9 Å². The molecule has 2 rings (SSSR count). The fraction of sp³-hybridized carbons (Fsp3) is 0.462. The molecule has 1 aliphatic rings. The third kappa shape index (κ3) is 2.71. The maximum atomic E-state index is 11.4. The minimum atomic E-state index is 0.191. The molecule has 16 heavy (non-hydrogen) atoms. The summed E-state index contributed by atoms with van der Waals surface area (Å²) in [7, 11) is 0. The first-order chi connectivity index (χ1) is 7.66. The van der Waals surface area contributed by atoms with Crippen molar-refractivity contribution in [3.05, 3.63) is 34.3 Å². The topological polar surface area (TPSA) is 20.3 Å². The van der Waals surface area contributed by atoms with E-state index in [1.165, 1.54) is 5.56 Å². The molecular formula is C13H16BrNO. The Labute approximate surface area is 105 Å². The van der Waals surface area contributed by atoms with Crippen LogP contribution in [-0.2, 0) is 11.3 Å². The van der Waals surface area contributed by atoms with E-state index in [9.17, 15) is 4.79 Å². The molecule has 0 radical (unpaired) electrons. The predicted molar refractivity (Wildman–Crippen MR) is 68.2 cm³/mol. The van der Waals surface area contributed by atoms with Gasteiger partial charge in [0.15, 0.2) is 0 Å². The first kappa shape index (κ1) is 11.8. The Morgan fingerprint density at radius 1 is 1.44 bits per heavy atom. The van der Waals surface area contributed by atoms with Crippen molar-refractivity contribution in [1.82, 2.24) is 4.90 Å². The van der Waals surface area contributed by atoms with E-state index in [0.29, 0.717) is 12.2 Å². The van der Waals surface area contributed by atoms with E-state index in [1.54, 1.807) is 0 Å². The highest BCUT2D eigenvalue weighted by Crippen LogP contribution is 2.20. The van der Waals surface area contributed by atoms with E-state index in [0.717, 1.165) is 24.1 Å². The van der Waals surface area contributed by atoms with Gasteiger partial charge in [0.1, 0.15) is 5.78 Å². The van der Waals surface area contributed by atoms with Crippen LogP contribution in [0.4, 0.5) is 0 Å². The molecule has 0 aliphatic carbocycles. The molecule has 1 aromatic rings. The number of hydrogen-bond acceptors (Lipinski definition) is 2. The van der Waals surface area contributed by atoms with Crippen molar-refractivity contribution in [2.24, 2.45) is 5.92 Å². The Balaban J connectivity index is 2.01. The summed E-state index contributed by atoms with van der Waals surface area (Å²) >= 11 is 3.56. The molecule has 0 amide bonds. The zero-order valence-electron chi connectivity index (χ0n) is 9.45. The first-order valence-corrected chi connectivity index (χ1v) is 6.44. The Kier molecular flexibility index (Phi) is 3.77. The van der Waals surface area contributed by atoms with Gasteiger partial charge in [-0.25, -0.2) is 0 Å². The van der Waals surface area contributed by atoms with Crippen LogP contribution in [0.15, 0.2) is 28.7 Å². The molecule has 2 nitrogen and oxygen atoms in total. The molecular weight excluding hydrogens is 266 g/mol. The van der Waals surface area contributed by atoms with E-state index in [1.807, 2.05) is 13.0 Å². The second-order valence-corrected chi connectivity index (χ2v) is 5.30. The molecule has 1 aliphatic heterocycles. The molecule has 1 aromatic carbocycles. The largest absolute Gasteiger partial charge is 0.299 e. The summed E-state index contributed by atoms with van der Waals surface area (Å²) in [6.07, 6.45) is 0.700. The van der Waals surface area contributed by atoms with E-state index in [-0.39, 0.29) is 5.92 Å². The molecule has 0 saturated carbocycles. The van der Waals surface area contributed by atoms with Crippen LogP contribution in [0.2, 0.25) is 0 Å². The van der Waals surface area contributed by atoms with E-state index in [4.69, 9.17) is 0 Å². The highest BCUT2D eigenvalue weighted by molar-refractivity contribution is 9.10. The third-order valence-electron chi connectivity index (χ3n) is 3.11. The number of carbonyl (C=O) groups is 1. The number of ketones is 1. The Morgan fingerprint density at radius 3 is 2.88 bits per heavy atom. The summed E-state index contributed by atoms with van der Waals surface area (Å²) in [5.74, 6) is 0.597. The quantitative estimate of drug-likeness (QED) is 0.831. The lowest BCUT2D eigenvalue weighted by atomic mass is 9.98. The molecule has 86 valence electrons. The van der Waals surface area contributed by atoms with Gasteiger partial charge in [-0.3, -0.25) is 9.69 Å². The van der Waals surface area contributed by atoms with Gasteiger partial charge in [-0.05, 0) is 11.6 Å². The molecule has 0 aromatic heterocycles. The number of carbonyl (C=O) groups excluding carboxylic acids is 1. The number of halogens is 1. The van der Waals surface area contributed by atoms with Crippen LogP contribution in [0, 0.1) is 5.92 Å². The Bertz CT molecular complexity index is 391. The van der Waals surface area contributed by atoms with Gasteiger partial charge in [0, 0.05) is 36.4 Å². The average Bonchev–Trinajstić information content (AvgIpc) is 2.27. The van der Waals surface area contributed by atoms with Crippen molar-refractivity contribution < 1.29 is 4.79 Å². The summed E-state index contributed by atoms with van der Waals surface area (Å²) in [5, 5.41) is 0. The normalized spacial score (nSPS) is 22.4. The standard InChI is InChI=1S/C13H16BrNO/c1-10-8-15(7-6-13(10)16)9-11-4-2-3-5-12(11)14/h2-5,10H,6-9H2,1H3. The van der Waals surface area contributed by atoms with Crippen molar-refractivity contribution >= 4 is 21.7 Å². The minimum absolute atomic E-state index is 0.191. The lowest BCUT2D eigenvalue weighted by molar-refractivity contribution is -0.125. The van der Waals surface area contributed by atoms with Gasteiger partial charge >= 0.3 is 0 Å². The number of likely N-dealkylation sites (tertiary alicyclic amines) is 1. The van der Waals surface area contributed by atoms with Crippen LogP contribution < -0.4 is 0 Å². The molecule has 0 N–H and O–H groups in total. The van der Waals surface area contributed by atoms with E-state index >= 15 is 0 Å². The van der Waals surface area contributed by atoms with Gasteiger partial charge < -0.3 is 0 Å². The summed E-state index contributed by atoms with van der Waals surface area (Å²) in [6.45, 7) is 4.73. The number of Topliss-reactive ketones (excluding diaryl/α,β-unsaturated/α-hetero) is 1. The van der Waals surface area contributed by atoms with Crippen molar-refractivity contribution in [3.8, 4) is 0 Å². The number of piperidine rings is 1. The molecule has 1 fully saturated rings. The summed E-state index contributed by atoms with van der Waals surface area (Å²) in [4.78, 5) is 13.8. The number of benzene rings is 1. The lowest BCUT2D eigenvalue weighted by Gasteiger charge is -2.30. The zero-order chi connectivity index (χ0) is 11.5. The highest BCUT2D eigenvalue weighted by Gasteiger charge is 2.23. The highest BCUT2D eigenvalue weighted by atomic mass is 79.9. The maximum absolute atomic E-state index is 11.4. The molecule has 1 unspecified atom stereocenters. The summed E-state index contributed by atoms with van der Waals surface area (Å²) < 4.78 is 1.15. The first-order valence-electron chi connectivity index (χ1n) is 5.65. The zero-order valence-corrected chi connectivity index (χ0v) is 11.0. The molecule has 1 saturated heterocycles. The molecule has 1 atom stereocenters. The number of nitrogens with zero attached hydrogens (tertiary/aromatic N) is 1. The van der Waals surface area contributed by atoms with Gasteiger partial charge in [-0.1, -0.05) is 41.1 Å². The van der Waals surface area contributed by atoms with Gasteiger partial charge in [0.25, 0.3) is 0 Å². The third-order valence-corrected chi connectivity index (χ3v) is 3.88. The van der Waals surface area contributed by atoms with Gasteiger partial charge in [0.05, 0.1) is 0 Å². The summed E-state index contributed by atoms with van der Waals surface area (Å²) in [5.41, 5.74) is 1.30. The monoisotopic (exact) mass is 281 g/mol. The SMILES string of the molecule is CC1CN(Cc2ccccc2Br)CCC1=O.